The van der Waals surface area contributed by atoms with Gasteiger partial charge in [0.2, 0.25) is 0 Å². The van der Waals surface area contributed by atoms with Gasteiger partial charge in [0.25, 0.3) is 5.56 Å². The van der Waals surface area contributed by atoms with E-state index in [-0.39, 0.29) is 11.2 Å². The molecule has 0 spiro atoms. The molecule has 1 saturated heterocycles. The van der Waals surface area contributed by atoms with Gasteiger partial charge in [0, 0.05) is 29.2 Å². The first-order valence-electron chi connectivity index (χ1n) is 11.0. The number of rotatable bonds is 7. The van der Waals surface area contributed by atoms with Crippen molar-refractivity contribution in [1.29, 1.82) is 0 Å². The van der Waals surface area contributed by atoms with E-state index in [0.29, 0.717) is 23.7 Å². The summed E-state index contributed by atoms with van der Waals surface area (Å²) in [5.41, 5.74) is 1.88. The summed E-state index contributed by atoms with van der Waals surface area (Å²) in [6.45, 7) is 2.88. The van der Waals surface area contributed by atoms with Crippen LogP contribution in [0.1, 0.15) is 24.1 Å². The van der Waals surface area contributed by atoms with Gasteiger partial charge in [-0.25, -0.2) is 9.36 Å². The van der Waals surface area contributed by atoms with Crippen molar-refractivity contribution in [3.63, 3.8) is 0 Å². The first-order valence-corrected chi connectivity index (χ1v) is 11.8. The fourth-order valence-electron chi connectivity index (χ4n) is 4.34. The first-order chi connectivity index (χ1) is 15.5. The highest BCUT2D eigenvalue weighted by Crippen LogP contribution is 2.28. The van der Waals surface area contributed by atoms with Crippen LogP contribution < -0.4 is 16.0 Å². The molecule has 6 nitrogen and oxygen atoms in total. The van der Waals surface area contributed by atoms with Crippen molar-refractivity contribution < 1.29 is 4.74 Å². The Morgan fingerprint density at radius 1 is 1.06 bits per heavy atom. The molecule has 1 aromatic heterocycles. The summed E-state index contributed by atoms with van der Waals surface area (Å²) in [6.07, 6.45) is 3.97. The van der Waals surface area contributed by atoms with Crippen LogP contribution >= 0.6 is 15.9 Å². The highest BCUT2D eigenvalue weighted by atomic mass is 79.9. The van der Waals surface area contributed by atoms with Crippen molar-refractivity contribution in [3.05, 3.63) is 91.2 Å². The number of benzene rings is 2. The molecule has 2 heterocycles. The first kappa shape index (κ1) is 22.6. The third-order valence-electron chi connectivity index (χ3n) is 6.17. The number of hydrogen-bond acceptors (Lipinski definition) is 4. The molecule has 0 unspecified atom stereocenters. The molecule has 0 aliphatic carbocycles. The van der Waals surface area contributed by atoms with Gasteiger partial charge < -0.3 is 14.6 Å². The Morgan fingerprint density at radius 3 is 2.50 bits per heavy atom. The quantitative estimate of drug-likeness (QED) is 0.539. The van der Waals surface area contributed by atoms with Gasteiger partial charge in [-0.2, -0.15) is 0 Å². The Morgan fingerprint density at radius 2 is 1.81 bits per heavy atom. The van der Waals surface area contributed by atoms with Crippen LogP contribution in [0.15, 0.2) is 68.7 Å². The number of ether oxygens (including phenoxy) is 1. The minimum Gasteiger partial charge on any atom is -0.497 e. The number of hydrogen-bond donors (Lipinski definition) is 1. The molecule has 1 N–H and O–H groups in total. The normalized spacial score (nSPS) is 15.1. The molecule has 0 atom stereocenters. The van der Waals surface area contributed by atoms with Crippen LogP contribution in [-0.4, -0.2) is 41.2 Å². The molecule has 0 bridgehead atoms. The van der Waals surface area contributed by atoms with Crippen LogP contribution in [-0.2, 0) is 12.8 Å². The molecule has 1 aliphatic heterocycles. The van der Waals surface area contributed by atoms with E-state index < -0.39 is 0 Å². The lowest BCUT2D eigenvalue weighted by Gasteiger charge is -2.32. The van der Waals surface area contributed by atoms with Gasteiger partial charge in [-0.05, 0) is 74.2 Å². The third-order valence-corrected chi connectivity index (χ3v) is 6.94. The van der Waals surface area contributed by atoms with Crippen molar-refractivity contribution in [2.24, 2.45) is 5.92 Å². The van der Waals surface area contributed by atoms with Crippen molar-refractivity contribution in [3.8, 4) is 11.4 Å². The molecule has 0 saturated carbocycles. The molecule has 7 heteroatoms. The highest BCUT2D eigenvalue weighted by Gasteiger charge is 2.20. The minimum atomic E-state index is -0.388. The summed E-state index contributed by atoms with van der Waals surface area (Å²) in [5, 5.41) is 0. The molecule has 168 valence electrons. The zero-order valence-electron chi connectivity index (χ0n) is 18.2. The lowest BCUT2D eigenvalue weighted by atomic mass is 9.90. The summed E-state index contributed by atoms with van der Waals surface area (Å²) < 4.78 is 7.67. The fraction of sp³-hybridized carbons (Fsp3) is 0.360. The molecule has 0 radical (unpaired) electrons. The maximum Gasteiger partial charge on any atom is 0.333 e. The van der Waals surface area contributed by atoms with Crippen LogP contribution in [0.2, 0.25) is 0 Å². The fourth-order valence-corrected chi connectivity index (χ4v) is 4.75. The average Bonchev–Trinajstić information content (AvgIpc) is 2.80. The summed E-state index contributed by atoms with van der Waals surface area (Å²) in [7, 11) is 1.70. The van der Waals surface area contributed by atoms with Crippen molar-refractivity contribution in [1.82, 2.24) is 14.5 Å². The molecule has 1 aliphatic rings. The van der Waals surface area contributed by atoms with E-state index in [1.54, 1.807) is 25.3 Å². The zero-order chi connectivity index (χ0) is 22.5. The number of aromatic nitrogens is 2. The standard InChI is InChI=1S/C25H28BrN3O3/c1-32-22-7-8-23(26)19(16-22)15-18-9-12-28(13-10-18)14-11-20-17-24(30)29(25(31)27-20)21-5-3-2-4-6-21/h2-8,16-18H,9-15H2,1H3,(H,27,31). The van der Waals surface area contributed by atoms with Gasteiger partial charge in [-0.3, -0.25) is 4.79 Å². The van der Waals surface area contributed by atoms with Crippen LogP contribution in [0.4, 0.5) is 0 Å². The van der Waals surface area contributed by atoms with E-state index in [9.17, 15) is 9.59 Å². The van der Waals surface area contributed by atoms with Crippen LogP contribution in [0, 0.1) is 5.92 Å². The number of H-pyrrole nitrogens is 1. The Kier molecular flexibility index (Phi) is 7.27. The summed E-state index contributed by atoms with van der Waals surface area (Å²) in [5.74, 6) is 1.54. The summed E-state index contributed by atoms with van der Waals surface area (Å²) >= 11 is 3.66. The predicted octanol–water partition coefficient (Wildman–Crippen LogP) is 3.79. The average molecular weight is 498 g/mol. The number of nitrogens with one attached hydrogen (secondary N) is 1. The number of methoxy groups -OCH3 is 1. The largest absolute Gasteiger partial charge is 0.497 e. The number of halogens is 1. The lowest BCUT2D eigenvalue weighted by molar-refractivity contribution is 0.185. The van der Waals surface area contributed by atoms with Gasteiger partial charge in [0.05, 0.1) is 12.8 Å². The maximum absolute atomic E-state index is 12.5. The second-order valence-corrected chi connectivity index (χ2v) is 9.16. The van der Waals surface area contributed by atoms with E-state index in [1.165, 1.54) is 10.1 Å². The number of nitrogens with zero attached hydrogens (tertiary/aromatic N) is 2. The smallest absolute Gasteiger partial charge is 0.333 e. The van der Waals surface area contributed by atoms with Crippen LogP contribution in [0.5, 0.6) is 5.75 Å². The Hall–Kier alpha value is -2.64. The molecule has 1 fully saturated rings. The van der Waals surface area contributed by atoms with E-state index in [1.807, 2.05) is 24.3 Å². The van der Waals surface area contributed by atoms with Gasteiger partial charge in [-0.15, -0.1) is 0 Å². The molecule has 32 heavy (non-hydrogen) atoms. The predicted molar refractivity (Wildman–Crippen MR) is 130 cm³/mol. The van der Waals surface area contributed by atoms with Crippen LogP contribution in [0.25, 0.3) is 5.69 Å². The summed E-state index contributed by atoms with van der Waals surface area (Å²) in [4.78, 5) is 30.3. The molecule has 0 amide bonds. The number of aromatic amines is 1. The number of likely N-dealkylation sites (tertiary alicyclic amines) is 1. The van der Waals surface area contributed by atoms with E-state index in [2.05, 4.69) is 37.9 Å². The lowest BCUT2D eigenvalue weighted by Crippen LogP contribution is -2.37. The highest BCUT2D eigenvalue weighted by molar-refractivity contribution is 9.10. The van der Waals surface area contributed by atoms with Gasteiger partial charge >= 0.3 is 5.69 Å². The molecule has 4 rings (SSSR count). The molecular weight excluding hydrogens is 470 g/mol. The zero-order valence-corrected chi connectivity index (χ0v) is 19.8. The van der Waals surface area contributed by atoms with Crippen molar-refractivity contribution in [2.75, 3.05) is 26.7 Å². The Balaban J connectivity index is 1.32. The molecule has 3 aromatic rings. The monoisotopic (exact) mass is 497 g/mol. The SMILES string of the molecule is COc1ccc(Br)c(CC2CCN(CCc3cc(=O)n(-c4ccccc4)c(=O)[nH]3)CC2)c1. The summed E-state index contributed by atoms with van der Waals surface area (Å²) in [6, 6.07) is 16.7. The van der Waals surface area contributed by atoms with E-state index in [0.717, 1.165) is 49.1 Å². The van der Waals surface area contributed by atoms with Crippen molar-refractivity contribution in [2.45, 2.75) is 25.7 Å². The Bertz CT molecular complexity index is 1130. The number of piperidine rings is 1. The van der Waals surface area contributed by atoms with Crippen LogP contribution in [0.3, 0.4) is 0 Å². The van der Waals surface area contributed by atoms with E-state index in [4.69, 9.17) is 4.74 Å². The Labute approximate surface area is 196 Å². The van der Waals surface area contributed by atoms with Crippen molar-refractivity contribution >= 4 is 15.9 Å². The second-order valence-electron chi connectivity index (χ2n) is 8.31. The third kappa shape index (κ3) is 5.40. The van der Waals surface area contributed by atoms with Gasteiger partial charge in [-0.1, -0.05) is 34.1 Å². The molecule has 2 aromatic carbocycles. The minimum absolute atomic E-state index is 0.294. The van der Waals surface area contributed by atoms with Gasteiger partial charge in [0.1, 0.15) is 5.75 Å². The van der Waals surface area contributed by atoms with Gasteiger partial charge in [0.15, 0.2) is 0 Å². The molecular formula is C25H28BrN3O3. The maximum atomic E-state index is 12.5. The van der Waals surface area contributed by atoms with E-state index >= 15 is 0 Å². The number of para-hydroxylation sites is 1. The topological polar surface area (TPSA) is 67.3 Å². The second kappa shape index (κ2) is 10.3.